The number of halogens is 1. The number of nitrogens with zero attached hydrogens (tertiary/aromatic N) is 1. The molecule has 3 rings (SSSR count). The van der Waals surface area contributed by atoms with E-state index in [4.69, 9.17) is 15.3 Å². The van der Waals surface area contributed by atoms with E-state index >= 15 is 0 Å². The maximum Gasteiger partial charge on any atom is 0.0662 e. The second-order valence-corrected chi connectivity index (χ2v) is 8.16. The van der Waals surface area contributed by atoms with Crippen molar-refractivity contribution in [1.29, 1.82) is 0 Å². The predicted octanol–water partition coefficient (Wildman–Crippen LogP) is 3.36. The zero-order chi connectivity index (χ0) is 22.1. The lowest BCUT2D eigenvalue weighted by molar-refractivity contribution is 0.186. The normalized spacial score (nSPS) is 12.7. The third kappa shape index (κ3) is 16.3. The molecule has 0 atom stereocenters. The number of nitrogens with one attached hydrogen (secondary N) is 1. The average molecular weight is 516 g/mol. The number of hydrogen-bond acceptors (Lipinski definition) is 5. The lowest BCUT2D eigenvalue weighted by Crippen LogP contribution is -2.43. The Morgan fingerprint density at radius 2 is 1.41 bits per heavy atom. The average Bonchev–Trinajstić information content (AvgIpc) is 2.69. The van der Waals surface area contributed by atoms with Gasteiger partial charge >= 0.3 is 0 Å². The molecule has 1 heterocycles. The monoisotopic (exact) mass is 516 g/mol. The van der Waals surface area contributed by atoms with Crippen molar-refractivity contribution < 1.29 is 15.3 Å². The van der Waals surface area contributed by atoms with Gasteiger partial charge in [0, 0.05) is 41.5 Å². The van der Waals surface area contributed by atoms with Crippen molar-refractivity contribution in [1.82, 2.24) is 5.32 Å². The molecule has 29 heavy (non-hydrogen) atoms. The number of aliphatic hydroxyl groups is 3. The second-order valence-electron chi connectivity index (χ2n) is 6.92. The Kier molecular flexibility index (Phi) is 16.9. The molecule has 4 N–H and O–H groups in total. The van der Waals surface area contributed by atoms with Gasteiger partial charge in [0.2, 0.25) is 0 Å². The highest BCUT2D eigenvalue weighted by Crippen LogP contribution is 2.15. The summed E-state index contributed by atoms with van der Waals surface area (Å²) in [5.74, 6) is 0. The number of benzene rings is 2. The topological polar surface area (TPSA) is 76.0 Å². The Bertz CT molecular complexity index is 626. The fourth-order valence-corrected chi connectivity index (χ4v) is 3.05. The minimum Gasteiger partial charge on any atom is -0.394 e. The fraction of sp³-hybridized carbons (Fsp3) is 0.478. The lowest BCUT2D eigenvalue weighted by Gasteiger charge is -2.29. The molecule has 1 fully saturated rings. The predicted molar refractivity (Wildman–Crippen MR) is 132 cm³/mol. The van der Waals surface area contributed by atoms with Gasteiger partial charge in [0.15, 0.2) is 0 Å². The summed E-state index contributed by atoms with van der Waals surface area (Å²) < 4.78 is 1.31. The first-order valence-corrected chi connectivity index (χ1v) is 11.0. The summed E-state index contributed by atoms with van der Waals surface area (Å²) in [5.41, 5.74) is 4.04. The van der Waals surface area contributed by atoms with Crippen LogP contribution >= 0.6 is 22.6 Å². The van der Waals surface area contributed by atoms with E-state index in [9.17, 15) is 0 Å². The zero-order valence-corrected chi connectivity index (χ0v) is 20.3. The third-order valence-electron chi connectivity index (χ3n) is 3.56. The highest BCUT2D eigenvalue weighted by Gasteiger charge is 2.09. The molecule has 0 aromatic heterocycles. The van der Waals surface area contributed by atoms with Gasteiger partial charge in [-0.1, -0.05) is 29.8 Å². The van der Waals surface area contributed by atoms with Crippen LogP contribution in [0.2, 0.25) is 0 Å². The maximum atomic E-state index is 8.06. The van der Waals surface area contributed by atoms with E-state index in [0.717, 1.165) is 26.2 Å². The molecule has 2 aromatic carbocycles. The first-order valence-electron chi connectivity index (χ1n) is 9.94. The van der Waals surface area contributed by atoms with Gasteiger partial charge in [-0.25, -0.2) is 0 Å². The van der Waals surface area contributed by atoms with Gasteiger partial charge in [-0.15, -0.1) is 0 Å². The Morgan fingerprint density at radius 3 is 1.79 bits per heavy atom. The molecule has 6 heteroatoms. The second kappa shape index (κ2) is 17.7. The van der Waals surface area contributed by atoms with Crippen LogP contribution in [0.4, 0.5) is 5.69 Å². The van der Waals surface area contributed by atoms with Crippen LogP contribution in [0.15, 0.2) is 48.5 Å². The van der Waals surface area contributed by atoms with Crippen LogP contribution in [-0.4, -0.2) is 60.8 Å². The summed E-state index contributed by atoms with van der Waals surface area (Å²) in [6.07, 6.45) is -0.167. The van der Waals surface area contributed by atoms with Crippen LogP contribution in [-0.2, 0) is 0 Å². The molecular weight excluding hydrogens is 479 g/mol. The highest BCUT2D eigenvalue weighted by molar-refractivity contribution is 14.1. The van der Waals surface area contributed by atoms with E-state index in [1.54, 1.807) is 13.8 Å². The molecule has 164 valence electrons. The van der Waals surface area contributed by atoms with E-state index in [1.165, 1.54) is 20.4 Å². The van der Waals surface area contributed by atoms with E-state index in [-0.39, 0.29) is 19.3 Å². The molecular formula is C23H37IN2O3. The number of anilines is 1. The van der Waals surface area contributed by atoms with Gasteiger partial charge in [-0.3, -0.25) is 0 Å². The summed E-state index contributed by atoms with van der Waals surface area (Å²) in [7, 11) is 0. The van der Waals surface area contributed by atoms with Crippen molar-refractivity contribution in [2.24, 2.45) is 0 Å². The van der Waals surface area contributed by atoms with E-state index in [0.29, 0.717) is 0 Å². The summed E-state index contributed by atoms with van der Waals surface area (Å²) in [6.45, 7) is 11.9. The summed E-state index contributed by atoms with van der Waals surface area (Å²) in [6, 6.07) is 17.1. The molecule has 0 unspecified atom stereocenters. The van der Waals surface area contributed by atoms with Gasteiger partial charge < -0.3 is 25.5 Å². The van der Waals surface area contributed by atoms with Crippen molar-refractivity contribution in [3.05, 3.63) is 63.2 Å². The smallest absolute Gasteiger partial charge is 0.0662 e. The maximum absolute atomic E-state index is 8.06. The molecule has 1 aliphatic rings. The van der Waals surface area contributed by atoms with Crippen molar-refractivity contribution >= 4 is 28.3 Å². The van der Waals surface area contributed by atoms with Crippen LogP contribution in [0.25, 0.3) is 0 Å². The van der Waals surface area contributed by atoms with Gasteiger partial charge in [0.1, 0.15) is 0 Å². The van der Waals surface area contributed by atoms with Crippen LogP contribution < -0.4 is 10.2 Å². The van der Waals surface area contributed by atoms with Gasteiger partial charge in [-0.2, -0.15) is 0 Å². The van der Waals surface area contributed by atoms with Crippen molar-refractivity contribution in [3.63, 3.8) is 0 Å². The Hall–Kier alpha value is -1.19. The SMILES string of the molecule is CC(C)O.Cc1cccc(I)c1.Cc1cccc(N2CCNCC2)c1.OCCO. The third-order valence-corrected chi connectivity index (χ3v) is 4.23. The number of aryl methyl sites for hydroxylation is 2. The summed E-state index contributed by atoms with van der Waals surface area (Å²) >= 11 is 2.31. The van der Waals surface area contributed by atoms with Crippen LogP contribution in [0.3, 0.4) is 0 Å². The van der Waals surface area contributed by atoms with E-state index in [2.05, 4.69) is 95.2 Å². The van der Waals surface area contributed by atoms with Crippen LogP contribution in [0, 0.1) is 17.4 Å². The molecule has 0 bridgehead atoms. The van der Waals surface area contributed by atoms with E-state index in [1.807, 2.05) is 0 Å². The lowest BCUT2D eigenvalue weighted by atomic mass is 10.2. The molecule has 0 spiro atoms. The molecule has 0 saturated carbocycles. The molecule has 0 radical (unpaired) electrons. The minimum absolute atomic E-state index is 0.125. The number of aliphatic hydroxyl groups excluding tert-OH is 3. The van der Waals surface area contributed by atoms with Crippen LogP contribution in [0.5, 0.6) is 0 Å². The van der Waals surface area contributed by atoms with Crippen molar-refractivity contribution in [3.8, 4) is 0 Å². The first-order chi connectivity index (χ1) is 13.8. The van der Waals surface area contributed by atoms with Crippen LogP contribution in [0.1, 0.15) is 25.0 Å². The first kappa shape index (κ1) is 27.8. The number of hydrogen-bond donors (Lipinski definition) is 4. The largest absolute Gasteiger partial charge is 0.394 e. The van der Waals surface area contributed by atoms with Gasteiger partial charge in [0.25, 0.3) is 0 Å². The van der Waals surface area contributed by atoms with E-state index < -0.39 is 0 Å². The van der Waals surface area contributed by atoms with Gasteiger partial charge in [0.05, 0.1) is 13.2 Å². The molecule has 0 aliphatic carbocycles. The fourth-order valence-electron chi connectivity index (χ4n) is 2.35. The molecule has 2 aromatic rings. The molecule has 1 saturated heterocycles. The van der Waals surface area contributed by atoms with Crippen molar-refractivity contribution in [2.75, 3.05) is 44.3 Å². The summed E-state index contributed by atoms with van der Waals surface area (Å²) in [5, 5.41) is 26.7. The number of rotatable bonds is 2. The standard InChI is InChI=1S/C11H16N2.C7H7I.C3H8O.C2H6O2/c1-10-3-2-4-11(9-10)13-7-5-12-6-8-13;1-6-3-2-4-7(8)5-6;1-3(2)4;3-1-2-4/h2-4,9,12H,5-8H2,1H3;2-5H,1H3;3-4H,1-2H3;3-4H,1-2H2. The highest BCUT2D eigenvalue weighted by atomic mass is 127. The Balaban J connectivity index is 0.000000419. The minimum atomic E-state index is -0.167. The molecule has 1 aliphatic heterocycles. The Labute approximate surface area is 189 Å². The molecule has 0 amide bonds. The summed E-state index contributed by atoms with van der Waals surface area (Å²) in [4.78, 5) is 2.43. The molecule has 5 nitrogen and oxygen atoms in total. The zero-order valence-electron chi connectivity index (χ0n) is 18.1. The quantitative estimate of drug-likeness (QED) is 0.461. The van der Waals surface area contributed by atoms with Gasteiger partial charge in [-0.05, 0) is 80.1 Å². The number of piperazine rings is 1. The van der Waals surface area contributed by atoms with Crippen molar-refractivity contribution in [2.45, 2.75) is 33.8 Å². The Morgan fingerprint density at radius 1 is 0.931 bits per heavy atom.